The van der Waals surface area contributed by atoms with Gasteiger partial charge in [0, 0.05) is 25.7 Å². The van der Waals surface area contributed by atoms with Crippen LogP contribution in [0.3, 0.4) is 0 Å². The molecule has 1 aliphatic rings. The van der Waals surface area contributed by atoms with Gasteiger partial charge in [-0.3, -0.25) is 14.9 Å². The number of anilines is 1. The molecule has 0 spiro atoms. The summed E-state index contributed by atoms with van der Waals surface area (Å²) in [6, 6.07) is 1.68. The van der Waals surface area contributed by atoms with Crippen molar-refractivity contribution >= 4 is 17.4 Å². The standard InChI is InChI=1S/C13H18N4O3/c1-3-6-14-12-7-10(11(8-15-12)17(19)20)13(18)16(2)9-4-5-9/h7-9H,3-6H2,1-2H3,(H,14,15). The molecule has 0 aromatic carbocycles. The maximum atomic E-state index is 12.3. The topological polar surface area (TPSA) is 88.4 Å². The van der Waals surface area contributed by atoms with Crippen molar-refractivity contribution in [2.75, 3.05) is 18.9 Å². The third kappa shape index (κ3) is 3.04. The van der Waals surface area contributed by atoms with Gasteiger partial charge in [0.1, 0.15) is 17.6 Å². The largest absolute Gasteiger partial charge is 0.370 e. The fourth-order valence-corrected chi connectivity index (χ4v) is 1.93. The van der Waals surface area contributed by atoms with Gasteiger partial charge < -0.3 is 10.2 Å². The molecule has 1 aliphatic carbocycles. The molecule has 1 N–H and O–H groups in total. The second kappa shape index (κ2) is 5.85. The van der Waals surface area contributed by atoms with Crippen LogP contribution in [0.25, 0.3) is 0 Å². The van der Waals surface area contributed by atoms with Gasteiger partial charge in [-0.15, -0.1) is 0 Å². The van der Waals surface area contributed by atoms with E-state index in [2.05, 4.69) is 10.3 Å². The predicted molar refractivity (Wildman–Crippen MR) is 74.8 cm³/mol. The van der Waals surface area contributed by atoms with Crippen LogP contribution in [0.1, 0.15) is 36.5 Å². The van der Waals surface area contributed by atoms with Crippen molar-refractivity contribution in [2.45, 2.75) is 32.2 Å². The van der Waals surface area contributed by atoms with Crippen LogP contribution in [-0.4, -0.2) is 40.3 Å². The van der Waals surface area contributed by atoms with Gasteiger partial charge in [0.05, 0.1) is 4.92 Å². The Kier molecular flexibility index (Phi) is 4.16. The lowest BCUT2D eigenvalue weighted by Crippen LogP contribution is -2.29. The molecular formula is C13H18N4O3. The Labute approximate surface area is 117 Å². The lowest BCUT2D eigenvalue weighted by molar-refractivity contribution is -0.385. The third-order valence-corrected chi connectivity index (χ3v) is 3.28. The Hall–Kier alpha value is -2.18. The maximum absolute atomic E-state index is 12.3. The van der Waals surface area contributed by atoms with Gasteiger partial charge in [0.2, 0.25) is 0 Å². The number of hydrogen-bond acceptors (Lipinski definition) is 5. The summed E-state index contributed by atoms with van der Waals surface area (Å²) in [6.07, 6.45) is 3.97. The number of nitrogens with one attached hydrogen (secondary N) is 1. The van der Waals surface area contributed by atoms with E-state index in [1.54, 1.807) is 11.9 Å². The number of rotatable bonds is 6. The molecule has 7 nitrogen and oxygen atoms in total. The van der Waals surface area contributed by atoms with E-state index in [-0.39, 0.29) is 23.2 Å². The SMILES string of the molecule is CCCNc1cc(C(=O)N(C)C2CC2)c([N+](=O)[O-])cn1. The molecule has 0 atom stereocenters. The fourth-order valence-electron chi connectivity index (χ4n) is 1.93. The molecule has 0 radical (unpaired) electrons. The average molecular weight is 278 g/mol. The van der Waals surface area contributed by atoms with Gasteiger partial charge in [-0.2, -0.15) is 0 Å². The van der Waals surface area contributed by atoms with Crippen molar-refractivity contribution in [2.24, 2.45) is 0 Å². The third-order valence-electron chi connectivity index (χ3n) is 3.28. The molecule has 1 saturated carbocycles. The average Bonchev–Trinajstić information content (AvgIpc) is 3.27. The highest BCUT2D eigenvalue weighted by Crippen LogP contribution is 2.29. The quantitative estimate of drug-likeness (QED) is 0.635. The van der Waals surface area contributed by atoms with Crippen molar-refractivity contribution in [1.29, 1.82) is 0 Å². The van der Waals surface area contributed by atoms with Crippen molar-refractivity contribution in [3.63, 3.8) is 0 Å². The molecule has 1 heterocycles. The normalized spacial score (nSPS) is 13.9. The van der Waals surface area contributed by atoms with Crippen LogP contribution in [0, 0.1) is 10.1 Å². The Morgan fingerprint density at radius 1 is 1.60 bits per heavy atom. The predicted octanol–water partition coefficient (Wildman–Crippen LogP) is 2.05. The van der Waals surface area contributed by atoms with Gasteiger partial charge in [-0.25, -0.2) is 4.98 Å². The van der Waals surface area contributed by atoms with Gasteiger partial charge >= 0.3 is 0 Å². The van der Waals surface area contributed by atoms with Crippen LogP contribution in [0.4, 0.5) is 11.5 Å². The molecule has 108 valence electrons. The number of aromatic nitrogens is 1. The zero-order valence-corrected chi connectivity index (χ0v) is 11.6. The zero-order valence-electron chi connectivity index (χ0n) is 11.6. The number of amides is 1. The molecule has 2 rings (SSSR count). The second-order valence-electron chi connectivity index (χ2n) is 4.92. The molecule has 0 unspecified atom stereocenters. The summed E-state index contributed by atoms with van der Waals surface area (Å²) >= 11 is 0. The highest BCUT2D eigenvalue weighted by Gasteiger charge is 2.33. The van der Waals surface area contributed by atoms with Gasteiger partial charge in [-0.05, 0) is 19.3 Å². The Morgan fingerprint density at radius 3 is 2.85 bits per heavy atom. The molecule has 1 aromatic heterocycles. The molecule has 0 aliphatic heterocycles. The van der Waals surface area contributed by atoms with Crippen LogP contribution in [0.5, 0.6) is 0 Å². The smallest absolute Gasteiger partial charge is 0.300 e. The first-order valence-corrected chi connectivity index (χ1v) is 6.70. The summed E-state index contributed by atoms with van der Waals surface area (Å²) in [4.78, 5) is 28.4. The number of nitrogens with zero attached hydrogens (tertiary/aromatic N) is 3. The summed E-state index contributed by atoms with van der Waals surface area (Å²) in [5.41, 5.74) is -0.150. The van der Waals surface area contributed by atoms with Crippen molar-refractivity contribution in [1.82, 2.24) is 9.88 Å². The van der Waals surface area contributed by atoms with E-state index in [9.17, 15) is 14.9 Å². The van der Waals surface area contributed by atoms with Crippen LogP contribution in [0.15, 0.2) is 12.3 Å². The number of nitro groups is 1. The van der Waals surface area contributed by atoms with E-state index < -0.39 is 4.92 Å². The highest BCUT2D eigenvalue weighted by molar-refractivity contribution is 5.98. The lowest BCUT2D eigenvalue weighted by atomic mass is 10.2. The molecule has 0 saturated heterocycles. The van der Waals surface area contributed by atoms with E-state index in [1.807, 2.05) is 6.92 Å². The first-order chi connectivity index (χ1) is 9.54. The van der Waals surface area contributed by atoms with E-state index in [4.69, 9.17) is 0 Å². The highest BCUT2D eigenvalue weighted by atomic mass is 16.6. The molecule has 1 amide bonds. The lowest BCUT2D eigenvalue weighted by Gasteiger charge is -2.16. The molecule has 1 fully saturated rings. The van der Waals surface area contributed by atoms with E-state index in [0.717, 1.165) is 25.5 Å². The number of pyridine rings is 1. The monoisotopic (exact) mass is 278 g/mol. The Balaban J connectivity index is 2.30. The van der Waals surface area contributed by atoms with Crippen LogP contribution >= 0.6 is 0 Å². The summed E-state index contributed by atoms with van der Waals surface area (Å²) in [6.45, 7) is 2.71. The minimum Gasteiger partial charge on any atom is -0.370 e. The maximum Gasteiger partial charge on any atom is 0.300 e. The number of carbonyl (C=O) groups excluding carboxylic acids is 1. The minimum absolute atomic E-state index is 0.0954. The molecule has 0 bridgehead atoms. The van der Waals surface area contributed by atoms with E-state index in [0.29, 0.717) is 12.4 Å². The minimum atomic E-state index is -0.565. The van der Waals surface area contributed by atoms with Crippen LogP contribution < -0.4 is 5.32 Å². The van der Waals surface area contributed by atoms with Crippen LogP contribution in [-0.2, 0) is 0 Å². The van der Waals surface area contributed by atoms with Crippen molar-refractivity contribution in [3.05, 3.63) is 27.9 Å². The molecule has 1 aromatic rings. The summed E-state index contributed by atoms with van der Waals surface area (Å²) in [5.74, 6) is 0.172. The first kappa shape index (κ1) is 14.2. The molecule has 20 heavy (non-hydrogen) atoms. The van der Waals surface area contributed by atoms with E-state index in [1.165, 1.54) is 6.07 Å². The van der Waals surface area contributed by atoms with Crippen molar-refractivity contribution in [3.8, 4) is 0 Å². The van der Waals surface area contributed by atoms with Crippen molar-refractivity contribution < 1.29 is 9.72 Å². The van der Waals surface area contributed by atoms with E-state index >= 15 is 0 Å². The fraction of sp³-hybridized carbons (Fsp3) is 0.538. The number of hydrogen-bond donors (Lipinski definition) is 1. The van der Waals surface area contributed by atoms with Crippen LogP contribution in [0.2, 0.25) is 0 Å². The van der Waals surface area contributed by atoms with Gasteiger partial charge in [0.25, 0.3) is 11.6 Å². The van der Waals surface area contributed by atoms with Gasteiger partial charge in [0.15, 0.2) is 0 Å². The zero-order chi connectivity index (χ0) is 14.7. The summed E-state index contributed by atoms with van der Waals surface area (Å²) < 4.78 is 0. The molecule has 7 heteroatoms. The Bertz CT molecular complexity index is 528. The Morgan fingerprint density at radius 2 is 2.30 bits per heavy atom. The summed E-state index contributed by atoms with van der Waals surface area (Å²) in [7, 11) is 1.68. The molecular weight excluding hydrogens is 260 g/mol. The number of carbonyl (C=O) groups is 1. The summed E-state index contributed by atoms with van der Waals surface area (Å²) in [5, 5.41) is 14.1. The second-order valence-corrected chi connectivity index (χ2v) is 4.92. The van der Waals surface area contributed by atoms with Gasteiger partial charge in [-0.1, -0.05) is 6.92 Å². The first-order valence-electron chi connectivity index (χ1n) is 6.70.